The number of anilines is 2. The second-order valence-corrected chi connectivity index (χ2v) is 15.1. The monoisotopic (exact) mass is 710 g/mol. The van der Waals surface area contributed by atoms with Crippen molar-refractivity contribution in [3.05, 3.63) is 118 Å². The molecule has 2 saturated heterocycles. The predicted octanol–water partition coefficient (Wildman–Crippen LogP) is 6.24. The molecule has 2 N–H and O–H groups in total. The zero-order valence-corrected chi connectivity index (χ0v) is 29.9. The van der Waals surface area contributed by atoms with E-state index in [9.17, 15) is 23.3 Å². The molecule has 0 unspecified atom stereocenters. The standard InChI is InChI=1S/C39H46N6O5S/c1-2-20-42-21-18-30(19-22-42)28-40-37-17-16-35(27-38(37)45(47)48)51(49,50)41-39(46)32-12-14-34(15-13-32)44-25-23-43(24-26-44)29-33-10-6-7-11-36(33)31-8-4-3-5-9-31/h3-17,27,30,40H,2,18-26,28-29H2,1H3,(H,41,46). The Kier molecular flexibility index (Phi) is 11.7. The van der Waals surface area contributed by atoms with Gasteiger partial charge in [-0.3, -0.25) is 19.8 Å². The second-order valence-electron chi connectivity index (χ2n) is 13.4. The molecule has 0 atom stereocenters. The van der Waals surface area contributed by atoms with Gasteiger partial charge < -0.3 is 15.1 Å². The molecular weight excluding hydrogens is 665 g/mol. The van der Waals surface area contributed by atoms with Crippen molar-refractivity contribution in [2.24, 2.45) is 5.92 Å². The lowest BCUT2D eigenvalue weighted by atomic mass is 9.96. The number of piperazine rings is 1. The molecule has 1 amide bonds. The number of likely N-dealkylation sites (tertiary alicyclic amines) is 1. The summed E-state index contributed by atoms with van der Waals surface area (Å²) in [5.41, 5.74) is 4.78. The summed E-state index contributed by atoms with van der Waals surface area (Å²) in [4.78, 5) is 31.1. The molecule has 11 nitrogen and oxygen atoms in total. The van der Waals surface area contributed by atoms with Crippen LogP contribution in [0, 0.1) is 16.0 Å². The number of hydrogen-bond donors (Lipinski definition) is 2. The van der Waals surface area contributed by atoms with Gasteiger partial charge in [-0.15, -0.1) is 0 Å². The molecule has 2 heterocycles. The van der Waals surface area contributed by atoms with E-state index in [2.05, 4.69) is 80.2 Å². The number of sulfonamides is 1. The third kappa shape index (κ3) is 9.12. The van der Waals surface area contributed by atoms with Crippen LogP contribution in [0.15, 0.2) is 102 Å². The van der Waals surface area contributed by atoms with E-state index in [1.54, 1.807) is 12.1 Å². The van der Waals surface area contributed by atoms with E-state index in [0.717, 1.165) is 83.4 Å². The van der Waals surface area contributed by atoms with E-state index in [0.29, 0.717) is 12.5 Å². The maximum atomic E-state index is 13.2. The molecule has 51 heavy (non-hydrogen) atoms. The normalized spacial score (nSPS) is 16.1. The van der Waals surface area contributed by atoms with Crippen LogP contribution in [0.1, 0.15) is 42.1 Å². The third-order valence-electron chi connectivity index (χ3n) is 9.89. The Morgan fingerprint density at radius 1 is 0.843 bits per heavy atom. The first-order chi connectivity index (χ1) is 24.7. The first-order valence-corrected chi connectivity index (χ1v) is 19.2. The molecule has 2 aliphatic rings. The topological polar surface area (TPSA) is 128 Å². The van der Waals surface area contributed by atoms with Gasteiger partial charge in [0.1, 0.15) is 5.69 Å². The SMILES string of the molecule is CCCN1CCC(CNc2ccc(S(=O)(=O)NC(=O)c3ccc(N4CCN(Cc5ccccc5-c5ccccc5)CC4)cc3)cc2[N+](=O)[O-])CC1. The number of benzene rings is 4. The van der Waals surface area contributed by atoms with Crippen LogP contribution < -0.4 is 14.9 Å². The van der Waals surface area contributed by atoms with E-state index >= 15 is 0 Å². The summed E-state index contributed by atoms with van der Waals surface area (Å²) in [6.07, 6.45) is 3.12. The van der Waals surface area contributed by atoms with E-state index in [1.165, 1.54) is 28.8 Å². The van der Waals surface area contributed by atoms with Gasteiger partial charge in [-0.25, -0.2) is 13.1 Å². The number of carbonyl (C=O) groups excluding carboxylic acids is 1. The molecule has 0 aromatic heterocycles. The summed E-state index contributed by atoms with van der Waals surface area (Å²) in [6.45, 7) is 10.1. The van der Waals surface area contributed by atoms with Crippen LogP contribution in [0.5, 0.6) is 0 Å². The number of rotatable bonds is 13. The quantitative estimate of drug-likeness (QED) is 0.123. The molecule has 0 spiro atoms. The molecule has 0 saturated carbocycles. The van der Waals surface area contributed by atoms with Crippen LogP contribution in [-0.4, -0.2) is 81.4 Å². The maximum Gasteiger partial charge on any atom is 0.293 e. The highest BCUT2D eigenvalue weighted by Crippen LogP contribution is 2.30. The van der Waals surface area contributed by atoms with Gasteiger partial charge in [0.25, 0.3) is 21.6 Å². The summed E-state index contributed by atoms with van der Waals surface area (Å²) < 4.78 is 28.4. The summed E-state index contributed by atoms with van der Waals surface area (Å²) in [6, 6.07) is 29.5. The number of nitrogens with one attached hydrogen (secondary N) is 2. The van der Waals surface area contributed by atoms with Crippen LogP contribution in [0.3, 0.4) is 0 Å². The van der Waals surface area contributed by atoms with Crippen LogP contribution in [-0.2, 0) is 16.6 Å². The molecule has 0 bridgehead atoms. The Morgan fingerprint density at radius 3 is 2.22 bits per heavy atom. The fourth-order valence-corrected chi connectivity index (χ4v) is 7.98. The smallest absolute Gasteiger partial charge is 0.293 e. The number of hydrogen-bond acceptors (Lipinski definition) is 9. The summed E-state index contributed by atoms with van der Waals surface area (Å²) >= 11 is 0. The zero-order valence-electron chi connectivity index (χ0n) is 29.0. The molecule has 2 aliphatic heterocycles. The third-order valence-corrected chi connectivity index (χ3v) is 11.2. The predicted molar refractivity (Wildman–Crippen MR) is 202 cm³/mol. The molecule has 12 heteroatoms. The Labute approximate surface area is 300 Å². The van der Waals surface area contributed by atoms with Gasteiger partial charge >= 0.3 is 0 Å². The zero-order chi connectivity index (χ0) is 35.8. The minimum Gasteiger partial charge on any atom is -0.379 e. The maximum absolute atomic E-state index is 13.2. The van der Waals surface area contributed by atoms with Crippen molar-refractivity contribution in [2.75, 3.05) is 62.6 Å². The second kappa shape index (κ2) is 16.5. The lowest BCUT2D eigenvalue weighted by Gasteiger charge is -2.36. The number of nitrogens with zero attached hydrogens (tertiary/aromatic N) is 4. The molecular formula is C39H46N6O5S. The number of carbonyl (C=O) groups is 1. The Morgan fingerprint density at radius 2 is 1.53 bits per heavy atom. The van der Waals surface area contributed by atoms with Gasteiger partial charge in [0.05, 0.1) is 9.82 Å². The van der Waals surface area contributed by atoms with Crippen LogP contribution >= 0.6 is 0 Å². The van der Waals surface area contributed by atoms with E-state index < -0.39 is 20.9 Å². The highest BCUT2D eigenvalue weighted by Gasteiger charge is 2.26. The minimum absolute atomic E-state index is 0.177. The van der Waals surface area contributed by atoms with Crippen LogP contribution in [0.25, 0.3) is 11.1 Å². The lowest BCUT2D eigenvalue weighted by Crippen LogP contribution is -2.46. The van der Waals surface area contributed by atoms with Crippen molar-refractivity contribution in [2.45, 2.75) is 37.6 Å². The Balaban J connectivity index is 1.02. The Hall–Kier alpha value is -4.78. The van der Waals surface area contributed by atoms with Gasteiger partial charge in [0, 0.05) is 56.6 Å². The fraction of sp³-hybridized carbons (Fsp3) is 0.359. The molecule has 0 radical (unpaired) electrons. The van der Waals surface area contributed by atoms with Crippen molar-refractivity contribution in [1.82, 2.24) is 14.5 Å². The Bertz CT molecular complexity index is 1910. The lowest BCUT2D eigenvalue weighted by molar-refractivity contribution is -0.384. The molecule has 0 aliphatic carbocycles. The first-order valence-electron chi connectivity index (χ1n) is 17.7. The van der Waals surface area contributed by atoms with Crippen molar-refractivity contribution in [3.8, 4) is 11.1 Å². The highest BCUT2D eigenvalue weighted by molar-refractivity contribution is 7.90. The number of amides is 1. The van der Waals surface area contributed by atoms with Crippen molar-refractivity contribution >= 4 is 33.0 Å². The minimum atomic E-state index is -4.36. The van der Waals surface area contributed by atoms with E-state index in [-0.39, 0.29) is 21.8 Å². The number of nitro benzene ring substituents is 1. The summed E-state index contributed by atoms with van der Waals surface area (Å²) in [7, 11) is -4.36. The molecule has 6 rings (SSSR count). The first kappa shape index (κ1) is 36.0. The summed E-state index contributed by atoms with van der Waals surface area (Å²) in [5, 5.41) is 15.1. The van der Waals surface area contributed by atoms with Crippen LogP contribution in [0.2, 0.25) is 0 Å². The van der Waals surface area contributed by atoms with Crippen molar-refractivity contribution in [3.63, 3.8) is 0 Å². The largest absolute Gasteiger partial charge is 0.379 e. The van der Waals surface area contributed by atoms with Gasteiger partial charge in [0.2, 0.25) is 0 Å². The fourth-order valence-electron chi connectivity index (χ4n) is 6.99. The van der Waals surface area contributed by atoms with Gasteiger partial charge in [-0.1, -0.05) is 61.5 Å². The van der Waals surface area contributed by atoms with E-state index in [1.807, 2.05) is 18.2 Å². The molecule has 4 aromatic carbocycles. The molecule has 268 valence electrons. The average molecular weight is 711 g/mol. The van der Waals surface area contributed by atoms with Gasteiger partial charge in [-0.2, -0.15) is 0 Å². The van der Waals surface area contributed by atoms with Gasteiger partial charge in [-0.05, 0) is 97.9 Å². The van der Waals surface area contributed by atoms with Gasteiger partial charge in [0.15, 0.2) is 0 Å². The van der Waals surface area contributed by atoms with Crippen molar-refractivity contribution in [1.29, 1.82) is 0 Å². The summed E-state index contributed by atoms with van der Waals surface area (Å²) in [5.74, 6) is -0.424. The van der Waals surface area contributed by atoms with E-state index in [4.69, 9.17) is 0 Å². The molecule has 2 fully saturated rings. The average Bonchev–Trinajstić information content (AvgIpc) is 3.15. The number of piperidine rings is 1. The van der Waals surface area contributed by atoms with Crippen molar-refractivity contribution < 1.29 is 18.1 Å². The number of nitro groups is 1. The highest BCUT2D eigenvalue weighted by atomic mass is 32.2. The van der Waals surface area contributed by atoms with Crippen LogP contribution in [0.4, 0.5) is 17.1 Å². The molecule has 4 aromatic rings.